The predicted octanol–water partition coefficient (Wildman–Crippen LogP) is 0.0838. The summed E-state index contributed by atoms with van der Waals surface area (Å²) in [5.41, 5.74) is -1.10. The fourth-order valence-corrected chi connectivity index (χ4v) is 4.54. The van der Waals surface area contributed by atoms with Gasteiger partial charge in [0.2, 0.25) is 5.91 Å². The number of carbonyl (C=O) groups is 1. The summed E-state index contributed by atoms with van der Waals surface area (Å²) in [5, 5.41) is 1.49. The Morgan fingerprint density at radius 2 is 1.81 bits per heavy atom. The largest absolute Gasteiger partial charge is 0.355 e. The molecule has 26 heavy (non-hydrogen) atoms. The van der Waals surface area contributed by atoms with Gasteiger partial charge in [-0.3, -0.25) is 18.7 Å². The molecule has 0 radical (unpaired) electrons. The van der Waals surface area contributed by atoms with Gasteiger partial charge in [0, 0.05) is 32.4 Å². The Hall–Kier alpha value is -1.90. The van der Waals surface area contributed by atoms with E-state index in [4.69, 9.17) is 0 Å². The molecule has 1 N–H and O–H groups in total. The highest BCUT2D eigenvalue weighted by atomic mass is 32.2. The Morgan fingerprint density at radius 3 is 2.42 bits per heavy atom. The number of hydrogen-bond acceptors (Lipinski definition) is 5. The van der Waals surface area contributed by atoms with Gasteiger partial charge in [-0.2, -0.15) is 0 Å². The van der Waals surface area contributed by atoms with Gasteiger partial charge in [0.05, 0.1) is 5.75 Å². The van der Waals surface area contributed by atoms with Crippen molar-refractivity contribution in [3.63, 3.8) is 0 Å². The first kappa shape index (κ1) is 20.4. The van der Waals surface area contributed by atoms with Crippen LogP contribution in [0.25, 0.3) is 0 Å². The molecule has 146 valence electrons. The van der Waals surface area contributed by atoms with E-state index < -0.39 is 38.0 Å². The summed E-state index contributed by atoms with van der Waals surface area (Å²) >= 11 is 0. The van der Waals surface area contributed by atoms with Crippen molar-refractivity contribution in [2.75, 3.05) is 6.54 Å². The molecule has 1 amide bonds. The van der Waals surface area contributed by atoms with Crippen LogP contribution in [0.4, 0.5) is 0 Å². The smallest absolute Gasteiger partial charge is 0.330 e. The zero-order valence-electron chi connectivity index (χ0n) is 15.5. The number of nitrogens with zero attached hydrogens (tertiary/aromatic N) is 2. The van der Waals surface area contributed by atoms with Crippen LogP contribution in [0.3, 0.4) is 0 Å². The van der Waals surface area contributed by atoms with Gasteiger partial charge >= 0.3 is 5.69 Å². The normalized spacial score (nSPS) is 17.0. The van der Waals surface area contributed by atoms with Crippen LogP contribution in [0.5, 0.6) is 0 Å². The average Bonchev–Trinajstić information content (AvgIpc) is 2.62. The molecule has 1 aliphatic rings. The summed E-state index contributed by atoms with van der Waals surface area (Å²) in [4.78, 5) is 36.0. The third-order valence-corrected chi connectivity index (χ3v) is 7.16. The van der Waals surface area contributed by atoms with Crippen molar-refractivity contribution >= 4 is 15.7 Å². The standard InChI is InChI=1S/C17H27N3O5S/c1-12(16(22)18-10-13-7-5-4-6-8-13)26(24,25)11-14-9-15(21)20(3)17(23)19(14)2/h9,12-13H,4-8,10-11H2,1-3H3,(H,18,22)/t12-/m1/s1. The molecular formula is C17H27N3O5S. The van der Waals surface area contributed by atoms with Crippen molar-refractivity contribution in [2.45, 2.75) is 50.0 Å². The van der Waals surface area contributed by atoms with Gasteiger partial charge in [-0.1, -0.05) is 19.3 Å². The quantitative estimate of drug-likeness (QED) is 0.746. The van der Waals surface area contributed by atoms with Crippen molar-refractivity contribution in [3.8, 4) is 0 Å². The highest BCUT2D eigenvalue weighted by Crippen LogP contribution is 2.22. The molecule has 1 atom stereocenters. The molecule has 1 saturated carbocycles. The van der Waals surface area contributed by atoms with Crippen LogP contribution in [0.1, 0.15) is 44.7 Å². The third-order valence-electron chi connectivity index (χ3n) is 5.17. The van der Waals surface area contributed by atoms with E-state index in [2.05, 4.69) is 5.32 Å². The zero-order chi connectivity index (χ0) is 19.5. The van der Waals surface area contributed by atoms with Crippen molar-refractivity contribution in [1.82, 2.24) is 14.5 Å². The first-order chi connectivity index (χ1) is 12.1. The van der Waals surface area contributed by atoms with E-state index >= 15 is 0 Å². The molecule has 0 saturated heterocycles. The van der Waals surface area contributed by atoms with E-state index in [1.807, 2.05) is 0 Å². The molecule has 2 rings (SSSR count). The molecule has 0 bridgehead atoms. The Morgan fingerprint density at radius 1 is 1.19 bits per heavy atom. The minimum absolute atomic E-state index is 0.0741. The van der Waals surface area contributed by atoms with E-state index in [0.29, 0.717) is 12.5 Å². The van der Waals surface area contributed by atoms with Gasteiger partial charge in [-0.05, 0) is 25.7 Å². The van der Waals surface area contributed by atoms with Crippen LogP contribution >= 0.6 is 0 Å². The molecule has 1 fully saturated rings. The second-order valence-corrected chi connectivity index (χ2v) is 9.39. The molecule has 1 aromatic rings. The molecule has 9 heteroatoms. The monoisotopic (exact) mass is 385 g/mol. The number of aromatic nitrogens is 2. The van der Waals surface area contributed by atoms with E-state index in [1.165, 1.54) is 27.4 Å². The van der Waals surface area contributed by atoms with Gasteiger partial charge in [0.1, 0.15) is 5.25 Å². The maximum Gasteiger partial charge on any atom is 0.330 e. The summed E-state index contributed by atoms with van der Waals surface area (Å²) in [6.07, 6.45) is 5.61. The van der Waals surface area contributed by atoms with Crippen LogP contribution in [0, 0.1) is 5.92 Å². The van der Waals surface area contributed by atoms with Gasteiger partial charge < -0.3 is 5.32 Å². The number of rotatable bonds is 6. The minimum Gasteiger partial charge on any atom is -0.355 e. The second kappa shape index (κ2) is 8.20. The highest BCUT2D eigenvalue weighted by molar-refractivity contribution is 7.92. The summed E-state index contributed by atoms with van der Waals surface area (Å²) < 4.78 is 27.2. The fraction of sp³-hybridized carbons (Fsp3) is 0.706. The first-order valence-electron chi connectivity index (χ1n) is 8.88. The number of sulfone groups is 1. The van der Waals surface area contributed by atoms with Crippen LogP contribution in [0.2, 0.25) is 0 Å². The Bertz CT molecular complexity index is 879. The number of nitrogens with one attached hydrogen (secondary N) is 1. The summed E-state index contributed by atoms with van der Waals surface area (Å²) in [6, 6.07) is 1.12. The van der Waals surface area contributed by atoms with Gasteiger partial charge in [0.25, 0.3) is 5.56 Å². The molecule has 0 aliphatic heterocycles. The van der Waals surface area contributed by atoms with Crippen molar-refractivity contribution in [2.24, 2.45) is 20.0 Å². The van der Waals surface area contributed by atoms with E-state index in [-0.39, 0.29) is 5.69 Å². The molecule has 1 aliphatic carbocycles. The topological polar surface area (TPSA) is 107 Å². The first-order valence-corrected chi connectivity index (χ1v) is 10.6. The SMILES string of the molecule is C[C@H](C(=O)NCC1CCCCC1)S(=O)(=O)Cc1cc(=O)n(C)c(=O)n1C. The lowest BCUT2D eigenvalue weighted by Crippen LogP contribution is -2.42. The van der Waals surface area contributed by atoms with Crippen molar-refractivity contribution < 1.29 is 13.2 Å². The molecule has 1 aromatic heterocycles. The number of hydrogen-bond donors (Lipinski definition) is 1. The molecule has 1 heterocycles. The molecule has 0 unspecified atom stereocenters. The maximum absolute atomic E-state index is 12.6. The summed E-state index contributed by atoms with van der Waals surface area (Å²) in [7, 11) is -1.13. The van der Waals surface area contributed by atoms with Crippen LogP contribution in [-0.2, 0) is 34.5 Å². The average molecular weight is 385 g/mol. The lowest BCUT2D eigenvalue weighted by molar-refractivity contribution is -0.120. The number of carbonyl (C=O) groups excluding carboxylic acids is 1. The molecule has 8 nitrogen and oxygen atoms in total. The van der Waals surface area contributed by atoms with Gasteiger partial charge in [-0.15, -0.1) is 0 Å². The van der Waals surface area contributed by atoms with E-state index in [9.17, 15) is 22.8 Å². The Labute approximate surface area is 153 Å². The fourth-order valence-electron chi connectivity index (χ4n) is 3.19. The van der Waals surface area contributed by atoms with Gasteiger partial charge in [-0.25, -0.2) is 13.2 Å². The van der Waals surface area contributed by atoms with E-state index in [1.54, 1.807) is 0 Å². The van der Waals surface area contributed by atoms with Crippen LogP contribution in [0.15, 0.2) is 15.7 Å². The Balaban J connectivity index is 2.08. The molecular weight excluding hydrogens is 358 g/mol. The summed E-state index contributed by atoms with van der Waals surface area (Å²) in [5.74, 6) is -0.669. The molecule has 0 aromatic carbocycles. The zero-order valence-corrected chi connectivity index (χ0v) is 16.3. The molecule has 0 spiro atoms. The number of amides is 1. The Kier molecular flexibility index (Phi) is 6.44. The lowest BCUT2D eigenvalue weighted by atomic mass is 9.89. The van der Waals surface area contributed by atoms with Gasteiger partial charge in [0.15, 0.2) is 9.84 Å². The predicted molar refractivity (Wildman–Crippen MR) is 98.6 cm³/mol. The third kappa shape index (κ3) is 4.63. The second-order valence-electron chi connectivity index (χ2n) is 7.07. The van der Waals surface area contributed by atoms with Crippen LogP contribution < -0.4 is 16.6 Å². The highest BCUT2D eigenvalue weighted by Gasteiger charge is 2.29. The summed E-state index contributed by atoms with van der Waals surface area (Å²) in [6.45, 7) is 1.83. The lowest BCUT2D eigenvalue weighted by Gasteiger charge is -2.22. The van der Waals surface area contributed by atoms with Crippen molar-refractivity contribution in [3.05, 3.63) is 32.6 Å². The minimum atomic E-state index is -3.85. The van der Waals surface area contributed by atoms with E-state index in [0.717, 1.165) is 40.9 Å². The van der Waals surface area contributed by atoms with Crippen molar-refractivity contribution in [1.29, 1.82) is 0 Å². The maximum atomic E-state index is 12.6. The van der Waals surface area contributed by atoms with Crippen LogP contribution in [-0.4, -0.2) is 35.3 Å².